The second kappa shape index (κ2) is 5.09. The molecule has 2 heterocycles. The van der Waals surface area contributed by atoms with Gasteiger partial charge >= 0.3 is 11.8 Å². The fraction of sp³-hybridized carbons (Fsp3) is 0.615. The molecule has 110 valence electrons. The molecule has 2 rings (SSSR count). The van der Waals surface area contributed by atoms with Crippen LogP contribution in [0.3, 0.4) is 0 Å². The summed E-state index contributed by atoms with van der Waals surface area (Å²) >= 11 is 5.83. The lowest BCUT2D eigenvalue weighted by atomic mass is 10.1. The Morgan fingerprint density at radius 1 is 1.50 bits per heavy atom. The first-order chi connectivity index (χ1) is 9.19. The summed E-state index contributed by atoms with van der Waals surface area (Å²) in [6.45, 7) is 7.81. The minimum Gasteiger partial charge on any atom is -0.443 e. The smallest absolute Gasteiger partial charge is 0.416 e. The van der Waals surface area contributed by atoms with E-state index in [4.69, 9.17) is 16.3 Å². The van der Waals surface area contributed by atoms with Crippen molar-refractivity contribution in [3.05, 3.63) is 21.7 Å². The van der Waals surface area contributed by atoms with Crippen LogP contribution in [0.1, 0.15) is 34.1 Å². The van der Waals surface area contributed by atoms with Crippen molar-refractivity contribution in [2.24, 2.45) is 0 Å². The molecule has 1 amide bonds. The number of hydrogen-bond donors (Lipinski definition) is 0. The summed E-state index contributed by atoms with van der Waals surface area (Å²) in [6.07, 6.45) is 0.176. The van der Waals surface area contributed by atoms with E-state index < -0.39 is 17.4 Å². The van der Waals surface area contributed by atoms with Crippen molar-refractivity contribution in [3.8, 4) is 0 Å². The van der Waals surface area contributed by atoms with Crippen LogP contribution in [0, 0.1) is 0 Å². The lowest BCUT2D eigenvalue weighted by molar-refractivity contribution is 0.0557. The zero-order valence-corrected chi connectivity index (χ0v) is 12.8. The number of ether oxygens (including phenoxy) is 1. The van der Waals surface area contributed by atoms with Gasteiger partial charge in [0.05, 0.1) is 0 Å². The van der Waals surface area contributed by atoms with Gasteiger partial charge in [-0.2, -0.15) is 4.98 Å². The van der Waals surface area contributed by atoms with Crippen LogP contribution in [0.15, 0.2) is 10.9 Å². The number of amides is 1. The Bertz CT molecular complexity index is 592. The van der Waals surface area contributed by atoms with Crippen molar-refractivity contribution < 1.29 is 9.53 Å². The number of nitrogens with zero attached hydrogens (tertiary/aromatic N) is 3. The van der Waals surface area contributed by atoms with Gasteiger partial charge in [-0.1, -0.05) is 11.6 Å². The number of carbonyl (C=O) groups is 1. The first kappa shape index (κ1) is 14.8. The van der Waals surface area contributed by atoms with E-state index in [1.54, 1.807) is 20.8 Å². The predicted molar refractivity (Wildman–Crippen MR) is 76.3 cm³/mol. The number of halogens is 1. The monoisotopic (exact) mass is 299 g/mol. The van der Waals surface area contributed by atoms with Gasteiger partial charge in [0.2, 0.25) is 0 Å². The van der Waals surface area contributed by atoms with Gasteiger partial charge in [-0.3, -0.25) is 9.47 Å². The third-order valence-electron chi connectivity index (χ3n) is 3.01. The van der Waals surface area contributed by atoms with E-state index in [0.29, 0.717) is 18.8 Å². The number of anilines is 1. The molecule has 6 nitrogen and oxygen atoms in total. The van der Waals surface area contributed by atoms with Crippen LogP contribution in [0.2, 0.25) is 5.15 Å². The second-order valence-corrected chi connectivity index (χ2v) is 6.25. The van der Waals surface area contributed by atoms with Gasteiger partial charge in [-0.15, -0.1) is 0 Å². The Morgan fingerprint density at radius 2 is 2.15 bits per heavy atom. The molecular weight excluding hydrogens is 282 g/mol. The molecule has 0 saturated carbocycles. The first-order valence-electron chi connectivity index (χ1n) is 6.48. The van der Waals surface area contributed by atoms with E-state index in [0.717, 1.165) is 0 Å². The third-order valence-corrected chi connectivity index (χ3v) is 3.20. The second-order valence-electron chi connectivity index (χ2n) is 5.86. The highest BCUT2D eigenvalue weighted by molar-refractivity contribution is 6.29. The molecule has 0 N–H and O–H groups in total. The van der Waals surface area contributed by atoms with E-state index in [9.17, 15) is 9.59 Å². The molecule has 0 saturated heterocycles. The van der Waals surface area contributed by atoms with Crippen molar-refractivity contribution in [2.45, 2.75) is 52.3 Å². The summed E-state index contributed by atoms with van der Waals surface area (Å²) in [6, 6.07) is 1.45. The molecule has 20 heavy (non-hydrogen) atoms. The van der Waals surface area contributed by atoms with E-state index in [2.05, 4.69) is 4.98 Å². The number of hydrogen-bond acceptors (Lipinski definition) is 4. The summed E-state index contributed by atoms with van der Waals surface area (Å²) in [7, 11) is 0. The highest BCUT2D eigenvalue weighted by atomic mass is 35.5. The van der Waals surface area contributed by atoms with E-state index in [1.807, 2.05) is 6.92 Å². The molecule has 1 aromatic rings. The van der Waals surface area contributed by atoms with E-state index >= 15 is 0 Å². The van der Waals surface area contributed by atoms with Crippen LogP contribution < -0.4 is 10.6 Å². The quantitative estimate of drug-likeness (QED) is 0.690. The van der Waals surface area contributed by atoms with Crippen LogP contribution in [0.25, 0.3) is 0 Å². The minimum absolute atomic E-state index is 0.0669. The van der Waals surface area contributed by atoms with Gasteiger partial charge in [-0.05, 0) is 34.1 Å². The highest BCUT2D eigenvalue weighted by Gasteiger charge is 2.32. The first-order valence-corrected chi connectivity index (χ1v) is 6.86. The Hall–Kier alpha value is -1.56. The predicted octanol–water partition coefficient (Wildman–Crippen LogP) is 2.43. The summed E-state index contributed by atoms with van der Waals surface area (Å²) in [5.74, 6) is 0.433. The molecule has 0 unspecified atom stereocenters. The zero-order chi connectivity index (χ0) is 15.1. The number of carbonyl (C=O) groups excluding carboxylic acids is 1. The van der Waals surface area contributed by atoms with E-state index in [-0.39, 0.29) is 11.2 Å². The Kier molecular flexibility index (Phi) is 3.77. The van der Waals surface area contributed by atoms with Gasteiger partial charge in [-0.25, -0.2) is 9.59 Å². The minimum atomic E-state index is -0.601. The maximum Gasteiger partial charge on any atom is 0.416 e. The van der Waals surface area contributed by atoms with Crippen molar-refractivity contribution >= 4 is 23.5 Å². The summed E-state index contributed by atoms with van der Waals surface area (Å²) < 4.78 is 6.83. The van der Waals surface area contributed by atoms with Crippen LogP contribution in [-0.4, -0.2) is 27.3 Å². The van der Waals surface area contributed by atoms with E-state index in [1.165, 1.54) is 15.5 Å². The molecule has 0 bridgehead atoms. The molecule has 1 atom stereocenters. The average Bonchev–Trinajstić information content (AvgIpc) is 2.25. The lowest BCUT2D eigenvalue weighted by Gasteiger charge is -2.36. The lowest BCUT2D eigenvalue weighted by Crippen LogP contribution is -2.48. The zero-order valence-electron chi connectivity index (χ0n) is 12.0. The van der Waals surface area contributed by atoms with Crippen LogP contribution in [0.4, 0.5) is 10.6 Å². The van der Waals surface area contributed by atoms with Gasteiger partial charge < -0.3 is 4.74 Å². The topological polar surface area (TPSA) is 64.4 Å². The molecule has 0 aromatic carbocycles. The van der Waals surface area contributed by atoms with Crippen LogP contribution >= 0.6 is 11.6 Å². The number of rotatable bonds is 0. The molecule has 0 fully saturated rings. The highest BCUT2D eigenvalue weighted by Crippen LogP contribution is 2.27. The molecule has 0 aliphatic carbocycles. The largest absolute Gasteiger partial charge is 0.443 e. The van der Waals surface area contributed by atoms with Crippen molar-refractivity contribution in [1.29, 1.82) is 0 Å². The molecule has 7 heteroatoms. The molecule has 1 aromatic heterocycles. The van der Waals surface area contributed by atoms with Crippen LogP contribution in [-0.2, 0) is 11.3 Å². The summed E-state index contributed by atoms with van der Waals surface area (Å²) in [4.78, 5) is 29.3. The van der Waals surface area contributed by atoms with Crippen LogP contribution in [0.5, 0.6) is 0 Å². The molecule has 0 spiro atoms. The Morgan fingerprint density at radius 3 is 2.75 bits per heavy atom. The third kappa shape index (κ3) is 2.95. The maximum atomic E-state index is 12.3. The SMILES string of the molecule is C[C@H]1CCn2c(cc(Cl)nc2=O)N1C(=O)OC(C)(C)C. The Labute approximate surface area is 122 Å². The fourth-order valence-corrected chi connectivity index (χ4v) is 2.30. The van der Waals surface area contributed by atoms with Gasteiger partial charge in [0.15, 0.2) is 0 Å². The maximum absolute atomic E-state index is 12.3. The average molecular weight is 300 g/mol. The molecular formula is C13H18ClN3O3. The number of aromatic nitrogens is 2. The molecule has 1 aliphatic rings. The Balaban J connectivity index is 2.45. The van der Waals surface area contributed by atoms with Crippen molar-refractivity contribution in [1.82, 2.24) is 9.55 Å². The fourth-order valence-electron chi connectivity index (χ4n) is 2.13. The molecule has 0 radical (unpaired) electrons. The van der Waals surface area contributed by atoms with Gasteiger partial charge in [0, 0.05) is 18.7 Å². The standard InChI is InChI=1S/C13H18ClN3O3/c1-8-5-6-16-10(7-9(14)15-11(16)18)17(8)12(19)20-13(2,3)4/h7-8H,5-6H2,1-4H3/t8-/m0/s1. The van der Waals surface area contributed by atoms with Gasteiger partial charge in [0.25, 0.3) is 0 Å². The summed E-state index contributed by atoms with van der Waals surface area (Å²) in [5.41, 5.74) is -1.05. The summed E-state index contributed by atoms with van der Waals surface area (Å²) in [5, 5.41) is 0.0731. The molecule has 1 aliphatic heterocycles. The number of fused-ring (bicyclic) bond motifs is 1. The van der Waals surface area contributed by atoms with Gasteiger partial charge in [0.1, 0.15) is 16.6 Å². The normalized spacial score (nSPS) is 18.6. The van der Waals surface area contributed by atoms with Crippen molar-refractivity contribution in [3.63, 3.8) is 0 Å². The van der Waals surface area contributed by atoms with Crippen molar-refractivity contribution in [2.75, 3.05) is 4.90 Å².